The normalized spacial score (nSPS) is 14.7. The SMILES string of the molecule is CCN(CC(N)c1cc(F)ccc1F)C(C)COC. The summed E-state index contributed by atoms with van der Waals surface area (Å²) < 4.78 is 31.9. The Kier molecular flexibility index (Phi) is 6.34. The van der Waals surface area contributed by atoms with Crippen molar-refractivity contribution in [2.75, 3.05) is 26.8 Å². The van der Waals surface area contributed by atoms with Gasteiger partial charge in [-0.15, -0.1) is 0 Å². The van der Waals surface area contributed by atoms with E-state index in [2.05, 4.69) is 4.90 Å². The van der Waals surface area contributed by atoms with Crippen LogP contribution in [0.25, 0.3) is 0 Å². The van der Waals surface area contributed by atoms with Crippen LogP contribution in [-0.4, -0.2) is 37.7 Å². The molecule has 2 unspecified atom stereocenters. The molecule has 2 atom stereocenters. The lowest BCUT2D eigenvalue weighted by molar-refractivity contribution is 0.0983. The van der Waals surface area contributed by atoms with Crippen LogP contribution < -0.4 is 5.73 Å². The van der Waals surface area contributed by atoms with Gasteiger partial charge in [0.25, 0.3) is 0 Å². The van der Waals surface area contributed by atoms with Gasteiger partial charge in [0.2, 0.25) is 0 Å². The highest BCUT2D eigenvalue weighted by Crippen LogP contribution is 2.18. The molecular weight excluding hydrogens is 250 g/mol. The van der Waals surface area contributed by atoms with Gasteiger partial charge in [-0.1, -0.05) is 6.92 Å². The van der Waals surface area contributed by atoms with E-state index in [1.165, 1.54) is 0 Å². The number of hydrogen-bond donors (Lipinski definition) is 1. The molecule has 0 saturated carbocycles. The number of likely N-dealkylation sites (N-methyl/N-ethyl adjacent to an activating group) is 1. The van der Waals surface area contributed by atoms with E-state index in [1.54, 1.807) is 7.11 Å². The van der Waals surface area contributed by atoms with Crippen LogP contribution in [0.5, 0.6) is 0 Å². The predicted octanol–water partition coefficient (Wildman–Crippen LogP) is 2.32. The molecule has 0 amide bonds. The lowest BCUT2D eigenvalue weighted by Crippen LogP contribution is -2.40. The molecule has 1 aromatic carbocycles. The number of halogens is 2. The monoisotopic (exact) mass is 272 g/mol. The highest BCUT2D eigenvalue weighted by Gasteiger charge is 2.19. The van der Waals surface area contributed by atoms with Gasteiger partial charge < -0.3 is 10.5 Å². The molecule has 1 rings (SSSR count). The number of nitrogens with two attached hydrogens (primary N) is 1. The fraction of sp³-hybridized carbons (Fsp3) is 0.571. The Bertz CT molecular complexity index is 401. The molecular formula is C14H22F2N2O. The quantitative estimate of drug-likeness (QED) is 0.828. The molecule has 0 heterocycles. The van der Waals surface area contributed by atoms with Crippen LogP contribution in [0.1, 0.15) is 25.5 Å². The highest BCUT2D eigenvalue weighted by molar-refractivity contribution is 5.22. The van der Waals surface area contributed by atoms with Gasteiger partial charge in [0.15, 0.2) is 0 Å². The van der Waals surface area contributed by atoms with E-state index >= 15 is 0 Å². The average molecular weight is 272 g/mol. The van der Waals surface area contributed by atoms with Crippen molar-refractivity contribution in [2.24, 2.45) is 5.73 Å². The van der Waals surface area contributed by atoms with Crippen LogP contribution in [0.2, 0.25) is 0 Å². The lowest BCUT2D eigenvalue weighted by Gasteiger charge is -2.30. The first kappa shape index (κ1) is 16.0. The predicted molar refractivity (Wildman–Crippen MR) is 71.9 cm³/mol. The second-order valence-electron chi connectivity index (χ2n) is 4.66. The lowest BCUT2D eigenvalue weighted by atomic mass is 10.1. The maximum absolute atomic E-state index is 13.6. The largest absolute Gasteiger partial charge is 0.383 e. The van der Waals surface area contributed by atoms with Crippen molar-refractivity contribution >= 4 is 0 Å². The highest BCUT2D eigenvalue weighted by atomic mass is 19.1. The van der Waals surface area contributed by atoms with E-state index in [0.717, 1.165) is 24.7 Å². The molecule has 3 nitrogen and oxygen atoms in total. The summed E-state index contributed by atoms with van der Waals surface area (Å²) in [5.41, 5.74) is 6.20. The van der Waals surface area contributed by atoms with E-state index in [4.69, 9.17) is 10.5 Å². The Hall–Kier alpha value is -1.04. The minimum absolute atomic E-state index is 0.178. The van der Waals surface area contributed by atoms with Gasteiger partial charge >= 0.3 is 0 Å². The van der Waals surface area contributed by atoms with Crippen molar-refractivity contribution in [2.45, 2.75) is 25.9 Å². The molecule has 0 aliphatic carbocycles. The smallest absolute Gasteiger partial charge is 0.128 e. The van der Waals surface area contributed by atoms with Crippen molar-refractivity contribution in [1.82, 2.24) is 4.90 Å². The molecule has 0 aromatic heterocycles. The van der Waals surface area contributed by atoms with Crippen LogP contribution in [0.15, 0.2) is 18.2 Å². The van der Waals surface area contributed by atoms with Crippen LogP contribution in [-0.2, 0) is 4.74 Å². The van der Waals surface area contributed by atoms with Crippen molar-refractivity contribution in [3.8, 4) is 0 Å². The summed E-state index contributed by atoms with van der Waals surface area (Å²) in [5.74, 6) is -0.941. The molecule has 19 heavy (non-hydrogen) atoms. The van der Waals surface area contributed by atoms with E-state index in [0.29, 0.717) is 13.2 Å². The summed E-state index contributed by atoms with van der Waals surface area (Å²) in [6.45, 7) is 5.82. The summed E-state index contributed by atoms with van der Waals surface area (Å²) >= 11 is 0. The number of ether oxygens (including phenoxy) is 1. The van der Waals surface area contributed by atoms with Crippen LogP contribution >= 0.6 is 0 Å². The topological polar surface area (TPSA) is 38.5 Å². The molecule has 0 bridgehead atoms. The maximum Gasteiger partial charge on any atom is 0.128 e. The summed E-state index contributed by atoms with van der Waals surface area (Å²) in [5, 5.41) is 0. The minimum atomic E-state index is -0.560. The van der Waals surface area contributed by atoms with E-state index in [1.807, 2.05) is 13.8 Å². The number of rotatable bonds is 7. The number of hydrogen-bond acceptors (Lipinski definition) is 3. The second-order valence-corrected chi connectivity index (χ2v) is 4.66. The molecule has 0 aliphatic heterocycles. The third-order valence-corrected chi connectivity index (χ3v) is 3.23. The van der Waals surface area contributed by atoms with Crippen molar-refractivity contribution in [3.63, 3.8) is 0 Å². The molecule has 0 saturated heterocycles. The third-order valence-electron chi connectivity index (χ3n) is 3.23. The standard InChI is InChI=1S/C14H22F2N2O/c1-4-18(10(2)9-19-3)8-14(17)12-7-11(15)5-6-13(12)16/h5-7,10,14H,4,8-9,17H2,1-3H3. The van der Waals surface area contributed by atoms with Crippen molar-refractivity contribution < 1.29 is 13.5 Å². The fourth-order valence-corrected chi connectivity index (χ4v) is 2.12. The molecule has 1 aromatic rings. The Morgan fingerprint density at radius 1 is 1.37 bits per heavy atom. The molecule has 0 fully saturated rings. The van der Waals surface area contributed by atoms with Gasteiger partial charge in [-0.3, -0.25) is 4.90 Å². The maximum atomic E-state index is 13.6. The second kappa shape index (κ2) is 7.53. The number of benzene rings is 1. The number of methoxy groups -OCH3 is 1. The summed E-state index contributed by atoms with van der Waals surface area (Å²) in [7, 11) is 1.64. The Morgan fingerprint density at radius 3 is 2.63 bits per heavy atom. The summed E-state index contributed by atoms with van der Waals surface area (Å²) in [6, 6.07) is 2.98. The van der Waals surface area contributed by atoms with Crippen LogP contribution in [0.3, 0.4) is 0 Å². The first-order valence-electron chi connectivity index (χ1n) is 6.43. The Morgan fingerprint density at radius 2 is 2.05 bits per heavy atom. The zero-order valence-electron chi connectivity index (χ0n) is 11.7. The summed E-state index contributed by atoms with van der Waals surface area (Å²) in [6.07, 6.45) is 0. The molecule has 2 N–H and O–H groups in total. The average Bonchev–Trinajstić information content (AvgIpc) is 2.38. The molecule has 108 valence electrons. The van der Waals surface area contributed by atoms with Crippen molar-refractivity contribution in [3.05, 3.63) is 35.4 Å². The minimum Gasteiger partial charge on any atom is -0.383 e. The summed E-state index contributed by atoms with van der Waals surface area (Å²) in [4.78, 5) is 2.08. The zero-order valence-corrected chi connectivity index (χ0v) is 11.7. The first-order valence-corrected chi connectivity index (χ1v) is 6.43. The van der Waals surface area contributed by atoms with Gasteiger partial charge in [-0.2, -0.15) is 0 Å². The van der Waals surface area contributed by atoms with Gasteiger partial charge in [0.1, 0.15) is 11.6 Å². The van der Waals surface area contributed by atoms with Gasteiger partial charge in [0.05, 0.1) is 6.61 Å². The number of nitrogens with zero attached hydrogens (tertiary/aromatic N) is 1. The fourth-order valence-electron chi connectivity index (χ4n) is 2.12. The Labute approximate surface area is 113 Å². The first-order chi connectivity index (χ1) is 8.99. The molecule has 5 heteroatoms. The van der Waals surface area contributed by atoms with Crippen LogP contribution in [0, 0.1) is 11.6 Å². The van der Waals surface area contributed by atoms with Gasteiger partial charge in [-0.05, 0) is 31.7 Å². The van der Waals surface area contributed by atoms with Crippen molar-refractivity contribution in [1.29, 1.82) is 0 Å². The third kappa shape index (κ3) is 4.53. The van der Waals surface area contributed by atoms with Gasteiger partial charge in [0, 0.05) is 31.3 Å². The molecule has 0 radical (unpaired) electrons. The van der Waals surface area contributed by atoms with E-state index in [-0.39, 0.29) is 11.6 Å². The molecule has 0 aliphatic rings. The Balaban J connectivity index is 2.76. The van der Waals surface area contributed by atoms with E-state index in [9.17, 15) is 8.78 Å². The molecule has 0 spiro atoms. The van der Waals surface area contributed by atoms with Crippen LogP contribution in [0.4, 0.5) is 8.78 Å². The van der Waals surface area contributed by atoms with E-state index < -0.39 is 17.7 Å². The zero-order chi connectivity index (χ0) is 14.4. The van der Waals surface area contributed by atoms with Gasteiger partial charge in [-0.25, -0.2) is 8.78 Å².